The van der Waals surface area contributed by atoms with Crippen molar-refractivity contribution in [1.29, 1.82) is 0 Å². The van der Waals surface area contributed by atoms with Crippen LogP contribution in [-0.2, 0) is 0 Å². The first kappa shape index (κ1) is 18.7. The number of aliphatic hydroxyl groups excluding tert-OH is 2. The topological polar surface area (TPSA) is 60.7 Å². The van der Waals surface area contributed by atoms with Crippen LogP contribution in [0.2, 0.25) is 0 Å². The highest BCUT2D eigenvalue weighted by atomic mass is 16.3. The quantitative estimate of drug-likeness (QED) is 0.647. The van der Waals surface area contributed by atoms with Crippen molar-refractivity contribution in [1.82, 2.24) is 0 Å². The zero-order valence-corrected chi connectivity index (χ0v) is 15.0. The average Bonchev–Trinajstić information content (AvgIpc) is 2.46. The third-order valence-electron chi connectivity index (χ3n) is 6.56. The van der Waals surface area contributed by atoms with Gasteiger partial charge in [0.05, 0.1) is 18.3 Å². The lowest BCUT2D eigenvalue weighted by molar-refractivity contribution is -0.118. The number of hydrogen-bond donors (Lipinski definition) is 3. The maximum atomic E-state index is 10.9. The summed E-state index contributed by atoms with van der Waals surface area (Å²) in [7, 11) is 0. The highest BCUT2D eigenvalue weighted by molar-refractivity contribution is 5.11. The normalized spacial score (nSPS) is 41.4. The van der Waals surface area contributed by atoms with Crippen molar-refractivity contribution in [2.45, 2.75) is 77.4 Å². The van der Waals surface area contributed by atoms with E-state index in [1.165, 1.54) is 0 Å². The third kappa shape index (κ3) is 4.07. The van der Waals surface area contributed by atoms with Gasteiger partial charge in [0.1, 0.15) is 0 Å². The summed E-state index contributed by atoms with van der Waals surface area (Å²) in [5.41, 5.74) is 1.25. The standard InChI is InChI=1S/C20H34O3/c1-14-5-10-18-19(2,3)16(11-12-20(18,4)23)8-6-15(13-21)7-9-17(14)22/h6,16-18,21-23H,1,5,7-13H2,2-4H3/b15-6-/t16-,17+,18+,20+/m1/s1. The molecular weight excluding hydrogens is 288 g/mol. The number of aliphatic hydroxyl groups is 3. The maximum Gasteiger partial charge on any atom is 0.0750 e. The summed E-state index contributed by atoms with van der Waals surface area (Å²) in [6, 6.07) is 0. The average molecular weight is 322 g/mol. The fourth-order valence-corrected chi connectivity index (χ4v) is 4.78. The number of rotatable bonds is 1. The van der Waals surface area contributed by atoms with Crippen LogP contribution < -0.4 is 0 Å². The van der Waals surface area contributed by atoms with E-state index < -0.39 is 11.7 Å². The Labute approximate surface area is 141 Å². The van der Waals surface area contributed by atoms with E-state index in [-0.39, 0.29) is 17.9 Å². The minimum Gasteiger partial charge on any atom is -0.392 e. The van der Waals surface area contributed by atoms with E-state index in [4.69, 9.17) is 0 Å². The molecule has 0 heterocycles. The molecule has 0 saturated heterocycles. The molecule has 2 aliphatic carbocycles. The Balaban J connectivity index is 2.32. The Morgan fingerprint density at radius 3 is 2.52 bits per heavy atom. The highest BCUT2D eigenvalue weighted by Gasteiger charge is 2.49. The molecule has 1 fully saturated rings. The van der Waals surface area contributed by atoms with Crippen molar-refractivity contribution >= 4 is 0 Å². The van der Waals surface area contributed by atoms with Crippen LogP contribution in [0.3, 0.4) is 0 Å². The van der Waals surface area contributed by atoms with Crippen molar-refractivity contribution in [3.8, 4) is 0 Å². The third-order valence-corrected chi connectivity index (χ3v) is 6.56. The fraction of sp³-hybridized carbons (Fsp3) is 0.800. The van der Waals surface area contributed by atoms with Gasteiger partial charge in [-0.2, -0.15) is 0 Å². The molecule has 0 radical (unpaired) electrons. The van der Waals surface area contributed by atoms with Crippen LogP contribution in [0.15, 0.2) is 23.8 Å². The second-order valence-corrected chi connectivity index (χ2v) is 8.47. The van der Waals surface area contributed by atoms with E-state index >= 15 is 0 Å². The second-order valence-electron chi connectivity index (χ2n) is 8.47. The monoisotopic (exact) mass is 322 g/mol. The van der Waals surface area contributed by atoms with Crippen molar-refractivity contribution in [2.75, 3.05) is 6.61 Å². The fourth-order valence-electron chi connectivity index (χ4n) is 4.78. The Morgan fingerprint density at radius 2 is 1.87 bits per heavy atom. The zero-order valence-electron chi connectivity index (χ0n) is 15.0. The van der Waals surface area contributed by atoms with Gasteiger partial charge < -0.3 is 15.3 Å². The first-order chi connectivity index (χ1) is 10.7. The van der Waals surface area contributed by atoms with E-state index in [1.54, 1.807) is 0 Å². The lowest BCUT2D eigenvalue weighted by Gasteiger charge is -2.53. The second kappa shape index (κ2) is 7.08. The van der Waals surface area contributed by atoms with Gasteiger partial charge in [-0.3, -0.25) is 0 Å². The Kier molecular flexibility index (Phi) is 5.76. The Bertz CT molecular complexity index is 462. The van der Waals surface area contributed by atoms with Crippen molar-refractivity contribution in [3.05, 3.63) is 23.8 Å². The van der Waals surface area contributed by atoms with Gasteiger partial charge >= 0.3 is 0 Å². The van der Waals surface area contributed by atoms with Crippen LogP contribution in [0.1, 0.15) is 65.7 Å². The summed E-state index contributed by atoms with van der Waals surface area (Å²) in [5, 5.41) is 30.8. The van der Waals surface area contributed by atoms with Gasteiger partial charge in [-0.05, 0) is 80.3 Å². The van der Waals surface area contributed by atoms with Crippen LogP contribution in [0.5, 0.6) is 0 Å². The van der Waals surface area contributed by atoms with Crippen molar-refractivity contribution in [3.63, 3.8) is 0 Å². The predicted octanol–water partition coefficient (Wildman–Crippen LogP) is 3.59. The number of allylic oxidation sites excluding steroid dienone is 1. The smallest absolute Gasteiger partial charge is 0.0750 e. The zero-order chi connectivity index (χ0) is 17.3. The van der Waals surface area contributed by atoms with Gasteiger partial charge in [0.25, 0.3) is 0 Å². The minimum atomic E-state index is -0.654. The SMILES string of the molecule is C=C1CC[C@H]2C(C)(C)[C@H](C/C=C(\CO)CC[C@@H]1O)CC[C@]2(C)O. The molecule has 3 nitrogen and oxygen atoms in total. The number of hydrogen-bond acceptors (Lipinski definition) is 3. The summed E-state index contributed by atoms with van der Waals surface area (Å²) >= 11 is 0. The van der Waals surface area contributed by atoms with Gasteiger partial charge in [0, 0.05) is 0 Å². The molecular formula is C20H34O3. The van der Waals surface area contributed by atoms with Crippen molar-refractivity contribution in [2.24, 2.45) is 17.3 Å². The van der Waals surface area contributed by atoms with E-state index in [1.807, 2.05) is 6.92 Å². The molecule has 2 bridgehead atoms. The molecule has 0 amide bonds. The molecule has 3 N–H and O–H groups in total. The van der Waals surface area contributed by atoms with Crippen LogP contribution >= 0.6 is 0 Å². The van der Waals surface area contributed by atoms with Gasteiger partial charge in [-0.15, -0.1) is 0 Å². The molecule has 0 spiro atoms. The lowest BCUT2D eigenvalue weighted by atomic mass is 9.54. The first-order valence-corrected chi connectivity index (χ1v) is 9.05. The first-order valence-electron chi connectivity index (χ1n) is 9.05. The van der Waals surface area contributed by atoms with E-state index in [0.717, 1.165) is 49.7 Å². The molecule has 2 aliphatic rings. The van der Waals surface area contributed by atoms with Gasteiger partial charge in [-0.1, -0.05) is 26.5 Å². The molecule has 0 unspecified atom stereocenters. The summed E-state index contributed by atoms with van der Waals surface area (Å²) in [6.07, 6.45) is 7.44. The Morgan fingerprint density at radius 1 is 1.17 bits per heavy atom. The van der Waals surface area contributed by atoms with Crippen molar-refractivity contribution < 1.29 is 15.3 Å². The van der Waals surface area contributed by atoms with Gasteiger partial charge in [-0.25, -0.2) is 0 Å². The molecule has 23 heavy (non-hydrogen) atoms. The molecule has 0 aliphatic heterocycles. The molecule has 2 rings (SSSR count). The molecule has 3 heteroatoms. The molecule has 132 valence electrons. The largest absolute Gasteiger partial charge is 0.392 e. The molecule has 0 aromatic carbocycles. The summed E-state index contributed by atoms with van der Waals surface area (Å²) < 4.78 is 0. The molecule has 1 saturated carbocycles. The van der Waals surface area contributed by atoms with Crippen LogP contribution in [0.4, 0.5) is 0 Å². The molecule has 0 aromatic heterocycles. The number of fused-ring (bicyclic) bond motifs is 2. The molecule has 4 atom stereocenters. The van der Waals surface area contributed by atoms with Gasteiger partial charge in [0.15, 0.2) is 0 Å². The van der Waals surface area contributed by atoms with E-state index in [2.05, 4.69) is 26.5 Å². The van der Waals surface area contributed by atoms with Gasteiger partial charge in [0.2, 0.25) is 0 Å². The van der Waals surface area contributed by atoms with Crippen LogP contribution in [-0.4, -0.2) is 33.6 Å². The molecule has 0 aromatic rings. The van der Waals surface area contributed by atoms with E-state index in [0.29, 0.717) is 12.3 Å². The summed E-state index contributed by atoms with van der Waals surface area (Å²) in [5.74, 6) is 0.718. The minimum absolute atomic E-state index is 0.0310. The lowest BCUT2D eigenvalue weighted by Crippen LogP contribution is -2.51. The highest BCUT2D eigenvalue weighted by Crippen LogP contribution is 2.53. The van der Waals surface area contributed by atoms with Crippen LogP contribution in [0, 0.1) is 17.3 Å². The van der Waals surface area contributed by atoms with Crippen LogP contribution in [0.25, 0.3) is 0 Å². The maximum absolute atomic E-state index is 10.9. The Hall–Kier alpha value is -0.640. The summed E-state index contributed by atoms with van der Waals surface area (Å²) in [6.45, 7) is 10.6. The van der Waals surface area contributed by atoms with E-state index in [9.17, 15) is 15.3 Å². The summed E-state index contributed by atoms with van der Waals surface area (Å²) in [4.78, 5) is 0. The predicted molar refractivity (Wildman–Crippen MR) is 94.0 cm³/mol.